The maximum absolute atomic E-state index is 14.4. The van der Waals surface area contributed by atoms with Gasteiger partial charge in [0.2, 0.25) is 11.8 Å². The van der Waals surface area contributed by atoms with Gasteiger partial charge >= 0.3 is 0 Å². The third-order valence-corrected chi connectivity index (χ3v) is 8.83. The Hall–Kier alpha value is -5.83. The average Bonchev–Trinajstić information content (AvgIpc) is 3.33. The minimum Gasteiger partial charge on any atom is -0.507 e. The molecule has 4 aromatic carbocycles. The Bertz CT molecular complexity index is 2120. The fourth-order valence-corrected chi connectivity index (χ4v) is 6.71. The number of amides is 2. The fraction of sp³-hybridized carbons (Fsp3) is 0.184. The van der Waals surface area contributed by atoms with Crippen LogP contribution in [0.5, 0.6) is 28.7 Å². The lowest BCUT2D eigenvalue weighted by Gasteiger charge is -2.30. The molecule has 1 N–H and O–H groups in total. The van der Waals surface area contributed by atoms with Crippen molar-refractivity contribution < 1.29 is 33.3 Å². The van der Waals surface area contributed by atoms with E-state index in [1.807, 2.05) is 43.3 Å². The summed E-state index contributed by atoms with van der Waals surface area (Å²) < 4.78 is 23.4. The molecule has 3 atom stereocenters. The predicted octanol–water partition coefficient (Wildman–Crippen LogP) is 7.21. The van der Waals surface area contributed by atoms with E-state index in [4.69, 9.17) is 18.6 Å². The largest absolute Gasteiger partial charge is 0.507 e. The number of ether oxygens (including phenoxy) is 3. The zero-order valence-electron chi connectivity index (χ0n) is 25.9. The monoisotopic (exact) mass is 629 g/mol. The van der Waals surface area contributed by atoms with Crippen LogP contribution < -0.4 is 24.5 Å². The van der Waals surface area contributed by atoms with E-state index >= 15 is 0 Å². The van der Waals surface area contributed by atoms with Crippen molar-refractivity contribution in [2.45, 2.75) is 19.3 Å². The Balaban J connectivity index is 1.35. The van der Waals surface area contributed by atoms with Crippen LogP contribution in [0, 0.1) is 11.8 Å². The minimum atomic E-state index is -0.818. The molecule has 5 aromatic rings. The highest BCUT2D eigenvalue weighted by Gasteiger charge is 2.54. The van der Waals surface area contributed by atoms with Crippen LogP contribution in [0.1, 0.15) is 24.8 Å². The number of hydrogen-bond donors (Lipinski definition) is 1. The van der Waals surface area contributed by atoms with Crippen LogP contribution in [0.25, 0.3) is 22.3 Å². The normalized spacial score (nSPS) is 19.0. The molecule has 0 radical (unpaired) electrons. The smallest absolute Gasteiger partial charge is 0.238 e. The van der Waals surface area contributed by atoms with E-state index in [0.29, 0.717) is 40.5 Å². The number of phenols is 1. The molecule has 47 heavy (non-hydrogen) atoms. The molecule has 1 aromatic heterocycles. The van der Waals surface area contributed by atoms with Gasteiger partial charge in [0.25, 0.3) is 0 Å². The molecule has 9 heteroatoms. The molecule has 2 aliphatic rings. The van der Waals surface area contributed by atoms with Crippen LogP contribution in [-0.2, 0) is 9.59 Å². The van der Waals surface area contributed by atoms with Gasteiger partial charge in [-0.25, -0.2) is 4.90 Å². The van der Waals surface area contributed by atoms with Gasteiger partial charge in [0.15, 0.2) is 5.43 Å². The van der Waals surface area contributed by atoms with Gasteiger partial charge in [-0.1, -0.05) is 35.9 Å². The summed E-state index contributed by atoms with van der Waals surface area (Å²) in [5.41, 5.74) is 1.95. The number of fused-ring (bicyclic) bond motifs is 2. The number of methoxy groups -OCH3 is 2. The Morgan fingerprint density at radius 3 is 2.28 bits per heavy atom. The number of aromatic hydroxyl groups is 1. The second-order valence-electron chi connectivity index (χ2n) is 11.7. The Morgan fingerprint density at radius 2 is 1.55 bits per heavy atom. The summed E-state index contributed by atoms with van der Waals surface area (Å²) in [4.78, 5) is 43.2. The molecule has 0 unspecified atom stereocenters. The van der Waals surface area contributed by atoms with Crippen LogP contribution in [0.3, 0.4) is 0 Å². The molecule has 1 aliphatic heterocycles. The molecular formula is C38H31NO8. The van der Waals surface area contributed by atoms with E-state index in [2.05, 4.69) is 0 Å². The molecule has 1 saturated heterocycles. The maximum Gasteiger partial charge on any atom is 0.238 e. The SMILES string of the molecule is COc1ccc(-c2cc(=O)c3c(O)cc(OC)c([C@H]4C=C(C)C[C@@H]5C(=O)N(c6cccc(Oc7ccccc7)c6)C(=O)[C@@H]54)c3o2)cc1. The zero-order chi connectivity index (χ0) is 32.8. The van der Waals surface area contributed by atoms with Crippen LogP contribution >= 0.6 is 0 Å². The number of hydrogen-bond acceptors (Lipinski definition) is 8. The summed E-state index contributed by atoms with van der Waals surface area (Å²) >= 11 is 0. The van der Waals surface area contributed by atoms with Crippen molar-refractivity contribution in [2.75, 3.05) is 19.1 Å². The van der Waals surface area contributed by atoms with Crippen molar-refractivity contribution in [1.82, 2.24) is 0 Å². The molecule has 0 saturated carbocycles. The van der Waals surface area contributed by atoms with Gasteiger partial charge in [-0.15, -0.1) is 0 Å². The first kappa shape index (κ1) is 29.9. The highest BCUT2D eigenvalue weighted by molar-refractivity contribution is 6.22. The molecule has 1 fully saturated rings. The molecular weight excluding hydrogens is 598 g/mol. The number of allylic oxidation sites excluding steroid dienone is 2. The van der Waals surface area contributed by atoms with E-state index in [1.165, 1.54) is 24.1 Å². The second-order valence-corrected chi connectivity index (χ2v) is 11.7. The number of para-hydroxylation sites is 1. The molecule has 0 bridgehead atoms. The van der Waals surface area contributed by atoms with Crippen molar-refractivity contribution in [3.05, 3.63) is 118 Å². The molecule has 0 spiro atoms. The van der Waals surface area contributed by atoms with E-state index in [9.17, 15) is 19.5 Å². The Kier molecular flexibility index (Phi) is 7.52. The number of carbonyl (C=O) groups is 2. The summed E-state index contributed by atoms with van der Waals surface area (Å²) in [6, 6.07) is 25.8. The summed E-state index contributed by atoms with van der Waals surface area (Å²) in [5.74, 6) is -0.970. The first-order valence-corrected chi connectivity index (χ1v) is 15.2. The number of benzene rings is 4. The highest BCUT2D eigenvalue weighted by atomic mass is 16.5. The molecule has 1 aliphatic carbocycles. The topological polar surface area (TPSA) is 116 Å². The van der Waals surface area contributed by atoms with Crippen molar-refractivity contribution >= 4 is 28.5 Å². The number of nitrogens with zero attached hydrogens (tertiary/aromatic N) is 1. The van der Waals surface area contributed by atoms with Crippen molar-refractivity contribution in [2.24, 2.45) is 11.8 Å². The molecule has 9 nitrogen and oxygen atoms in total. The number of anilines is 1. The number of rotatable bonds is 7. The van der Waals surface area contributed by atoms with Gasteiger partial charge in [0.05, 0.1) is 31.7 Å². The summed E-state index contributed by atoms with van der Waals surface area (Å²) in [6.07, 6.45) is 2.32. The minimum absolute atomic E-state index is 0.0365. The van der Waals surface area contributed by atoms with E-state index in [0.717, 1.165) is 5.57 Å². The van der Waals surface area contributed by atoms with Crippen molar-refractivity contribution in [3.8, 4) is 40.1 Å². The lowest BCUT2D eigenvalue weighted by molar-refractivity contribution is -0.122. The molecule has 2 amide bonds. The third-order valence-electron chi connectivity index (χ3n) is 8.83. The number of imide groups is 1. The quantitative estimate of drug-likeness (QED) is 0.148. The van der Waals surface area contributed by atoms with Crippen molar-refractivity contribution in [1.29, 1.82) is 0 Å². The molecule has 7 rings (SSSR count). The first-order valence-electron chi connectivity index (χ1n) is 15.2. The van der Waals surface area contributed by atoms with Gasteiger partial charge in [0.1, 0.15) is 45.5 Å². The van der Waals surface area contributed by atoms with E-state index < -0.39 is 23.2 Å². The Labute approximate surface area is 270 Å². The van der Waals surface area contributed by atoms with E-state index in [-0.39, 0.29) is 40.0 Å². The number of phenolic OH excluding ortho intramolecular Hbond substituents is 1. The highest BCUT2D eigenvalue weighted by Crippen LogP contribution is 2.51. The lowest BCUT2D eigenvalue weighted by atomic mass is 9.71. The van der Waals surface area contributed by atoms with Crippen LogP contribution in [0.15, 0.2) is 112 Å². The average molecular weight is 630 g/mol. The predicted molar refractivity (Wildman–Crippen MR) is 176 cm³/mol. The van der Waals surface area contributed by atoms with Crippen LogP contribution in [0.4, 0.5) is 5.69 Å². The van der Waals surface area contributed by atoms with E-state index in [1.54, 1.807) is 55.6 Å². The molecule has 2 heterocycles. The summed E-state index contributed by atoms with van der Waals surface area (Å²) in [6.45, 7) is 1.91. The third kappa shape index (κ3) is 5.19. The Morgan fingerprint density at radius 1 is 0.809 bits per heavy atom. The van der Waals surface area contributed by atoms with Gasteiger partial charge in [-0.2, -0.15) is 0 Å². The van der Waals surface area contributed by atoms with Gasteiger partial charge in [0, 0.05) is 35.2 Å². The lowest BCUT2D eigenvalue weighted by Crippen LogP contribution is -2.31. The fourth-order valence-electron chi connectivity index (χ4n) is 6.71. The first-order chi connectivity index (χ1) is 22.8. The van der Waals surface area contributed by atoms with Crippen LogP contribution in [0.2, 0.25) is 0 Å². The number of carbonyl (C=O) groups excluding carboxylic acids is 2. The zero-order valence-corrected chi connectivity index (χ0v) is 25.9. The summed E-state index contributed by atoms with van der Waals surface area (Å²) in [5, 5.41) is 10.9. The van der Waals surface area contributed by atoms with Crippen LogP contribution in [-0.4, -0.2) is 31.1 Å². The standard InChI is InChI=1S/C38H31NO8/c1-21-16-27(33-28(17-21)37(42)39(38(33)43)23-8-7-11-26(18-23)46-25-9-5-4-6-10-25)34-32(45-3)20-30(41)35-29(40)19-31(47-36(34)35)22-12-14-24(44-2)15-13-22/h4-16,18-20,27-28,33,41H,17H2,1-3H3/t27-,28-,33+/m0/s1. The van der Waals surface area contributed by atoms with Gasteiger partial charge in [-0.3, -0.25) is 14.4 Å². The summed E-state index contributed by atoms with van der Waals surface area (Å²) in [7, 11) is 3.00. The molecule has 236 valence electrons. The van der Waals surface area contributed by atoms with Crippen molar-refractivity contribution in [3.63, 3.8) is 0 Å². The van der Waals surface area contributed by atoms with Gasteiger partial charge < -0.3 is 23.7 Å². The second kappa shape index (κ2) is 11.8. The maximum atomic E-state index is 14.4. The van der Waals surface area contributed by atoms with Gasteiger partial charge in [-0.05, 0) is 61.9 Å².